The van der Waals surface area contributed by atoms with Gasteiger partial charge in [-0.15, -0.1) is 0 Å². The van der Waals surface area contributed by atoms with E-state index in [4.69, 9.17) is 0 Å². The van der Waals surface area contributed by atoms with Crippen molar-refractivity contribution in [3.8, 4) is 0 Å². The van der Waals surface area contributed by atoms with Gasteiger partial charge in [0.1, 0.15) is 0 Å². The molecule has 0 spiro atoms. The van der Waals surface area contributed by atoms with E-state index in [9.17, 15) is 18.0 Å². The van der Waals surface area contributed by atoms with E-state index >= 15 is 0 Å². The first kappa shape index (κ1) is 18.9. The normalized spacial score (nSPS) is 14.7. The van der Waals surface area contributed by atoms with E-state index in [0.29, 0.717) is 37.4 Å². The molecule has 2 amide bonds. The van der Waals surface area contributed by atoms with Gasteiger partial charge in [-0.1, -0.05) is 24.3 Å². The molecular formula is C19H21N3O4S. The monoisotopic (exact) mass is 387 g/mol. The van der Waals surface area contributed by atoms with Gasteiger partial charge in [-0.3, -0.25) is 14.3 Å². The number of hydrogen-bond donors (Lipinski definition) is 1. The molecule has 7 nitrogen and oxygen atoms in total. The Morgan fingerprint density at radius 2 is 1.52 bits per heavy atom. The summed E-state index contributed by atoms with van der Waals surface area (Å²) in [6.45, 7) is 3.32. The molecule has 0 saturated carbocycles. The van der Waals surface area contributed by atoms with Gasteiger partial charge in [0.05, 0.1) is 4.90 Å². The van der Waals surface area contributed by atoms with Crippen molar-refractivity contribution in [1.82, 2.24) is 9.80 Å². The van der Waals surface area contributed by atoms with Gasteiger partial charge in [0.25, 0.3) is 15.9 Å². The second-order valence-electron chi connectivity index (χ2n) is 6.30. The molecule has 1 aliphatic rings. The van der Waals surface area contributed by atoms with Gasteiger partial charge in [-0.05, 0) is 30.3 Å². The number of para-hydroxylation sites is 1. The van der Waals surface area contributed by atoms with Gasteiger partial charge in [-0.25, -0.2) is 8.42 Å². The minimum atomic E-state index is -3.79. The van der Waals surface area contributed by atoms with Gasteiger partial charge in [0.15, 0.2) is 0 Å². The van der Waals surface area contributed by atoms with Crippen molar-refractivity contribution in [1.29, 1.82) is 0 Å². The van der Waals surface area contributed by atoms with E-state index in [1.807, 2.05) is 0 Å². The van der Waals surface area contributed by atoms with Gasteiger partial charge in [-0.2, -0.15) is 0 Å². The lowest BCUT2D eigenvalue weighted by atomic mass is 10.2. The third-order valence-corrected chi connectivity index (χ3v) is 5.81. The van der Waals surface area contributed by atoms with Crippen LogP contribution in [-0.4, -0.2) is 56.2 Å². The van der Waals surface area contributed by atoms with E-state index in [2.05, 4.69) is 4.72 Å². The van der Waals surface area contributed by atoms with Crippen LogP contribution in [0.2, 0.25) is 0 Å². The highest BCUT2D eigenvalue weighted by atomic mass is 32.2. The predicted octanol–water partition coefficient (Wildman–Crippen LogP) is 1.79. The van der Waals surface area contributed by atoms with Crippen LogP contribution in [0.4, 0.5) is 5.69 Å². The average molecular weight is 387 g/mol. The molecule has 0 bridgehead atoms. The maximum atomic E-state index is 12.7. The molecule has 1 N–H and O–H groups in total. The van der Waals surface area contributed by atoms with Crippen LogP contribution in [0.1, 0.15) is 17.3 Å². The summed E-state index contributed by atoms with van der Waals surface area (Å²) >= 11 is 0. The lowest BCUT2D eigenvalue weighted by Gasteiger charge is -2.34. The summed E-state index contributed by atoms with van der Waals surface area (Å²) < 4.78 is 27.7. The Bertz CT molecular complexity index is 936. The van der Waals surface area contributed by atoms with Gasteiger partial charge in [0.2, 0.25) is 5.91 Å². The van der Waals surface area contributed by atoms with Gasteiger partial charge < -0.3 is 9.80 Å². The van der Waals surface area contributed by atoms with Crippen LogP contribution in [0.3, 0.4) is 0 Å². The fourth-order valence-corrected chi connectivity index (χ4v) is 4.03. The van der Waals surface area contributed by atoms with Crippen LogP contribution in [0, 0.1) is 0 Å². The molecule has 0 radical (unpaired) electrons. The quantitative estimate of drug-likeness (QED) is 0.867. The molecule has 2 aromatic rings. The molecule has 3 rings (SSSR count). The van der Waals surface area contributed by atoms with Crippen molar-refractivity contribution < 1.29 is 18.0 Å². The van der Waals surface area contributed by atoms with Crippen LogP contribution in [-0.2, 0) is 14.8 Å². The topological polar surface area (TPSA) is 86.8 Å². The van der Waals surface area contributed by atoms with Crippen molar-refractivity contribution in [2.45, 2.75) is 11.8 Å². The van der Waals surface area contributed by atoms with Crippen molar-refractivity contribution in [2.24, 2.45) is 0 Å². The maximum absolute atomic E-state index is 12.7. The third kappa shape index (κ3) is 4.46. The highest BCUT2D eigenvalue weighted by Crippen LogP contribution is 2.18. The number of carbonyl (C=O) groups excluding carboxylic acids is 2. The number of nitrogens with zero attached hydrogens (tertiary/aromatic N) is 2. The number of rotatable bonds is 4. The zero-order valence-corrected chi connectivity index (χ0v) is 15.8. The Labute approximate surface area is 158 Å². The van der Waals surface area contributed by atoms with Crippen LogP contribution < -0.4 is 4.72 Å². The minimum absolute atomic E-state index is 0.0119. The number of anilines is 1. The number of sulfonamides is 1. The highest BCUT2D eigenvalue weighted by molar-refractivity contribution is 7.92. The van der Waals surface area contributed by atoms with E-state index < -0.39 is 10.0 Å². The molecule has 142 valence electrons. The number of benzene rings is 2. The first-order valence-electron chi connectivity index (χ1n) is 8.59. The SMILES string of the molecule is CC(=O)N1CCN(C(=O)c2cccc(S(=O)(=O)Nc3ccccc3)c2)CC1. The first-order valence-corrected chi connectivity index (χ1v) is 10.1. The summed E-state index contributed by atoms with van der Waals surface area (Å²) in [5.41, 5.74) is 0.761. The molecule has 0 atom stereocenters. The Hall–Kier alpha value is -2.87. The van der Waals surface area contributed by atoms with Gasteiger partial charge in [0, 0.05) is 44.4 Å². The maximum Gasteiger partial charge on any atom is 0.261 e. The largest absolute Gasteiger partial charge is 0.339 e. The zero-order chi connectivity index (χ0) is 19.4. The van der Waals surface area contributed by atoms with Crippen LogP contribution >= 0.6 is 0 Å². The molecule has 2 aromatic carbocycles. The minimum Gasteiger partial charge on any atom is -0.339 e. The number of amides is 2. The smallest absolute Gasteiger partial charge is 0.261 e. The molecule has 1 saturated heterocycles. The van der Waals surface area contributed by atoms with Crippen LogP contribution in [0.25, 0.3) is 0 Å². The molecule has 27 heavy (non-hydrogen) atoms. The van der Waals surface area contributed by atoms with Crippen molar-refractivity contribution in [3.05, 3.63) is 60.2 Å². The van der Waals surface area contributed by atoms with Gasteiger partial charge >= 0.3 is 0 Å². The molecule has 0 aliphatic carbocycles. The summed E-state index contributed by atoms with van der Waals surface area (Å²) in [4.78, 5) is 27.5. The van der Waals surface area contributed by atoms with E-state index in [0.717, 1.165) is 0 Å². The summed E-state index contributed by atoms with van der Waals surface area (Å²) in [6, 6.07) is 14.6. The molecule has 1 heterocycles. The second kappa shape index (κ2) is 7.79. The third-order valence-electron chi connectivity index (χ3n) is 4.43. The summed E-state index contributed by atoms with van der Waals surface area (Å²) in [7, 11) is -3.79. The van der Waals surface area contributed by atoms with Crippen LogP contribution in [0.15, 0.2) is 59.5 Å². The van der Waals surface area contributed by atoms with E-state index in [-0.39, 0.29) is 16.7 Å². The fourth-order valence-electron chi connectivity index (χ4n) is 2.92. The van der Waals surface area contributed by atoms with E-state index in [1.54, 1.807) is 52.3 Å². The van der Waals surface area contributed by atoms with Crippen LogP contribution in [0.5, 0.6) is 0 Å². The lowest BCUT2D eigenvalue weighted by Crippen LogP contribution is -2.50. The number of carbonyl (C=O) groups is 2. The molecule has 8 heteroatoms. The summed E-state index contributed by atoms with van der Waals surface area (Å²) in [5.74, 6) is -0.253. The lowest BCUT2D eigenvalue weighted by molar-refractivity contribution is -0.130. The molecule has 1 aliphatic heterocycles. The summed E-state index contributed by atoms with van der Waals surface area (Å²) in [6.07, 6.45) is 0. The number of piperazine rings is 1. The Kier molecular flexibility index (Phi) is 5.46. The van der Waals surface area contributed by atoms with Crippen molar-refractivity contribution in [2.75, 3.05) is 30.9 Å². The molecule has 1 fully saturated rings. The highest BCUT2D eigenvalue weighted by Gasteiger charge is 2.24. The summed E-state index contributed by atoms with van der Waals surface area (Å²) in [5, 5.41) is 0. The number of nitrogens with one attached hydrogen (secondary N) is 1. The fraction of sp³-hybridized carbons (Fsp3) is 0.263. The second-order valence-corrected chi connectivity index (χ2v) is 7.98. The van der Waals surface area contributed by atoms with Crippen molar-refractivity contribution in [3.63, 3.8) is 0 Å². The average Bonchev–Trinajstić information content (AvgIpc) is 2.68. The standard InChI is InChI=1S/C19H21N3O4S/c1-15(23)21-10-12-22(13-11-21)19(24)16-6-5-9-18(14-16)27(25,26)20-17-7-3-2-4-8-17/h2-9,14,20H,10-13H2,1H3. The Morgan fingerprint density at radius 1 is 0.889 bits per heavy atom. The molecular weight excluding hydrogens is 366 g/mol. The Balaban J connectivity index is 1.75. The Morgan fingerprint density at radius 3 is 2.15 bits per heavy atom. The van der Waals surface area contributed by atoms with E-state index in [1.165, 1.54) is 19.1 Å². The van der Waals surface area contributed by atoms with Crippen molar-refractivity contribution >= 4 is 27.5 Å². The molecule has 0 aromatic heterocycles. The number of hydrogen-bond acceptors (Lipinski definition) is 4. The predicted molar refractivity (Wildman–Crippen MR) is 102 cm³/mol. The first-order chi connectivity index (χ1) is 12.9. The molecule has 0 unspecified atom stereocenters. The zero-order valence-electron chi connectivity index (χ0n) is 15.0.